The third-order valence-electron chi connectivity index (χ3n) is 5.11. The first-order valence-corrected chi connectivity index (χ1v) is 11.2. The van der Waals surface area contributed by atoms with Gasteiger partial charge in [0.15, 0.2) is 0 Å². The number of ether oxygens (including phenoxy) is 1. The van der Waals surface area contributed by atoms with Crippen molar-refractivity contribution in [3.05, 3.63) is 54.1 Å². The van der Waals surface area contributed by atoms with E-state index in [0.717, 1.165) is 19.1 Å². The minimum atomic E-state index is -3.35. The van der Waals surface area contributed by atoms with E-state index in [1.54, 1.807) is 48.5 Å². The van der Waals surface area contributed by atoms with Gasteiger partial charge in [0.2, 0.25) is 10.0 Å². The lowest BCUT2D eigenvalue weighted by molar-refractivity contribution is 0.0931. The van der Waals surface area contributed by atoms with Crippen LogP contribution in [-0.2, 0) is 10.0 Å². The Labute approximate surface area is 164 Å². The van der Waals surface area contributed by atoms with Crippen LogP contribution < -0.4 is 20.1 Å². The molecule has 2 aromatic carbocycles. The highest BCUT2D eigenvalue weighted by molar-refractivity contribution is 7.92. The maximum Gasteiger partial charge on any atom is 0.251 e. The van der Waals surface area contributed by atoms with E-state index in [-0.39, 0.29) is 11.9 Å². The fourth-order valence-corrected chi connectivity index (χ4v) is 4.44. The SMILES string of the molecule is CS(=O)(=O)Nc1cccc(Oc2ccc(C(=O)NC3CC4CCC3N4)cc2)c1. The topological polar surface area (TPSA) is 96.5 Å². The fraction of sp³-hybridized carbons (Fsp3) is 0.350. The Kier molecular flexibility index (Phi) is 4.99. The molecule has 0 saturated carbocycles. The Morgan fingerprint density at radius 2 is 1.89 bits per heavy atom. The van der Waals surface area contributed by atoms with Crippen LogP contribution in [-0.4, -0.2) is 38.7 Å². The van der Waals surface area contributed by atoms with Gasteiger partial charge in [0.25, 0.3) is 5.91 Å². The highest BCUT2D eigenvalue weighted by Gasteiger charge is 2.39. The molecular formula is C20H23N3O4S. The van der Waals surface area contributed by atoms with Gasteiger partial charge in [-0.2, -0.15) is 0 Å². The molecule has 0 aromatic heterocycles. The minimum Gasteiger partial charge on any atom is -0.457 e. The number of rotatable bonds is 6. The van der Waals surface area contributed by atoms with E-state index >= 15 is 0 Å². The Morgan fingerprint density at radius 1 is 1.11 bits per heavy atom. The normalized spacial score (nSPS) is 23.4. The number of benzene rings is 2. The molecule has 0 spiro atoms. The number of carbonyl (C=O) groups is 1. The van der Waals surface area contributed by atoms with E-state index < -0.39 is 10.0 Å². The molecule has 7 nitrogen and oxygen atoms in total. The maximum absolute atomic E-state index is 12.5. The molecule has 2 fully saturated rings. The summed E-state index contributed by atoms with van der Waals surface area (Å²) in [5.74, 6) is 0.985. The van der Waals surface area contributed by atoms with Gasteiger partial charge in [-0.3, -0.25) is 9.52 Å². The van der Waals surface area contributed by atoms with E-state index in [9.17, 15) is 13.2 Å². The van der Waals surface area contributed by atoms with Crippen LogP contribution in [0.3, 0.4) is 0 Å². The van der Waals surface area contributed by atoms with Crippen molar-refractivity contribution in [1.29, 1.82) is 0 Å². The molecule has 2 aromatic rings. The number of hydrogen-bond donors (Lipinski definition) is 3. The first-order chi connectivity index (χ1) is 13.4. The van der Waals surface area contributed by atoms with Gasteiger partial charge < -0.3 is 15.4 Å². The summed E-state index contributed by atoms with van der Waals surface area (Å²) >= 11 is 0. The molecule has 2 saturated heterocycles. The molecule has 3 atom stereocenters. The van der Waals surface area contributed by atoms with E-state index in [4.69, 9.17) is 4.74 Å². The van der Waals surface area contributed by atoms with Gasteiger partial charge in [0, 0.05) is 29.8 Å². The molecule has 2 aliphatic rings. The Morgan fingerprint density at radius 3 is 2.54 bits per heavy atom. The number of sulfonamides is 1. The summed E-state index contributed by atoms with van der Waals surface area (Å²) in [6.07, 6.45) is 4.41. The van der Waals surface area contributed by atoms with Crippen LogP contribution in [0.25, 0.3) is 0 Å². The third kappa shape index (κ3) is 4.45. The van der Waals surface area contributed by atoms with Crippen LogP contribution in [0.2, 0.25) is 0 Å². The van der Waals surface area contributed by atoms with Crippen molar-refractivity contribution >= 4 is 21.6 Å². The van der Waals surface area contributed by atoms with E-state index in [1.165, 1.54) is 6.42 Å². The molecule has 4 rings (SSSR count). The number of fused-ring (bicyclic) bond motifs is 2. The standard InChI is InChI=1S/C20H23N3O4S/c1-28(25,26)23-15-3-2-4-17(11-15)27-16-8-5-13(6-9-16)20(24)22-19-12-14-7-10-18(19)21-14/h2-6,8-9,11,14,18-19,21,23H,7,10,12H2,1H3,(H,22,24). The molecule has 148 valence electrons. The molecule has 0 aliphatic carbocycles. The van der Waals surface area contributed by atoms with E-state index in [2.05, 4.69) is 15.4 Å². The van der Waals surface area contributed by atoms with E-state index in [1.807, 2.05) is 0 Å². The van der Waals surface area contributed by atoms with Crippen molar-refractivity contribution in [2.24, 2.45) is 0 Å². The summed E-state index contributed by atoms with van der Waals surface area (Å²) < 4.78 is 30.9. The highest BCUT2D eigenvalue weighted by Crippen LogP contribution is 2.29. The number of anilines is 1. The predicted molar refractivity (Wildman–Crippen MR) is 107 cm³/mol. The number of carbonyl (C=O) groups excluding carboxylic acids is 1. The smallest absolute Gasteiger partial charge is 0.251 e. The van der Waals surface area contributed by atoms with Gasteiger partial charge in [0.1, 0.15) is 11.5 Å². The van der Waals surface area contributed by atoms with Crippen molar-refractivity contribution in [2.45, 2.75) is 37.4 Å². The lowest BCUT2D eigenvalue weighted by Crippen LogP contribution is -2.42. The second-order valence-corrected chi connectivity index (χ2v) is 9.14. The summed E-state index contributed by atoms with van der Waals surface area (Å²) in [6, 6.07) is 14.7. The van der Waals surface area contributed by atoms with Crippen molar-refractivity contribution in [2.75, 3.05) is 11.0 Å². The van der Waals surface area contributed by atoms with Crippen LogP contribution in [0, 0.1) is 0 Å². The predicted octanol–water partition coefficient (Wildman–Crippen LogP) is 2.47. The highest BCUT2D eigenvalue weighted by atomic mass is 32.2. The molecule has 2 heterocycles. The third-order valence-corrected chi connectivity index (χ3v) is 5.71. The molecule has 8 heteroatoms. The summed E-state index contributed by atoms with van der Waals surface area (Å²) in [4.78, 5) is 12.5. The summed E-state index contributed by atoms with van der Waals surface area (Å²) in [6.45, 7) is 0. The monoisotopic (exact) mass is 401 g/mol. The number of amides is 1. The average Bonchev–Trinajstić information content (AvgIpc) is 3.24. The Hall–Kier alpha value is -2.58. The Balaban J connectivity index is 1.38. The molecule has 3 N–H and O–H groups in total. The van der Waals surface area contributed by atoms with Crippen LogP contribution in [0.1, 0.15) is 29.6 Å². The molecule has 0 radical (unpaired) electrons. The van der Waals surface area contributed by atoms with Gasteiger partial charge >= 0.3 is 0 Å². The molecule has 1 amide bonds. The molecule has 28 heavy (non-hydrogen) atoms. The van der Waals surface area contributed by atoms with Crippen molar-refractivity contribution in [3.8, 4) is 11.5 Å². The van der Waals surface area contributed by atoms with Crippen molar-refractivity contribution in [3.63, 3.8) is 0 Å². The van der Waals surface area contributed by atoms with Gasteiger partial charge in [-0.15, -0.1) is 0 Å². The summed E-state index contributed by atoms with van der Waals surface area (Å²) in [5.41, 5.74) is 1.01. The summed E-state index contributed by atoms with van der Waals surface area (Å²) in [5, 5.41) is 6.63. The van der Waals surface area contributed by atoms with Crippen molar-refractivity contribution in [1.82, 2.24) is 10.6 Å². The molecule has 2 bridgehead atoms. The lowest BCUT2D eigenvalue weighted by atomic mass is 9.95. The zero-order valence-corrected chi connectivity index (χ0v) is 16.3. The average molecular weight is 401 g/mol. The quantitative estimate of drug-likeness (QED) is 0.691. The van der Waals surface area contributed by atoms with E-state index in [0.29, 0.717) is 34.8 Å². The first-order valence-electron chi connectivity index (χ1n) is 9.28. The van der Waals surface area contributed by atoms with Crippen molar-refractivity contribution < 1.29 is 17.9 Å². The molecular weight excluding hydrogens is 378 g/mol. The zero-order valence-electron chi connectivity index (χ0n) is 15.5. The second kappa shape index (κ2) is 7.44. The summed E-state index contributed by atoms with van der Waals surface area (Å²) in [7, 11) is -3.35. The van der Waals surface area contributed by atoms with Crippen LogP contribution >= 0.6 is 0 Å². The van der Waals surface area contributed by atoms with Gasteiger partial charge in [0.05, 0.1) is 11.9 Å². The van der Waals surface area contributed by atoms with Gasteiger partial charge in [-0.05, 0) is 55.7 Å². The van der Waals surface area contributed by atoms with Crippen LogP contribution in [0.5, 0.6) is 11.5 Å². The Bertz CT molecular complexity index is 975. The van der Waals surface area contributed by atoms with Gasteiger partial charge in [-0.1, -0.05) is 6.07 Å². The first kappa shape index (κ1) is 18.8. The minimum absolute atomic E-state index is 0.0785. The lowest BCUT2D eigenvalue weighted by Gasteiger charge is -2.21. The molecule has 3 unspecified atom stereocenters. The largest absolute Gasteiger partial charge is 0.457 e. The number of hydrogen-bond acceptors (Lipinski definition) is 5. The van der Waals surface area contributed by atoms with Gasteiger partial charge in [-0.25, -0.2) is 8.42 Å². The fourth-order valence-electron chi connectivity index (χ4n) is 3.88. The zero-order chi connectivity index (χ0) is 19.7. The van der Waals surface area contributed by atoms with Crippen LogP contribution in [0.15, 0.2) is 48.5 Å². The van der Waals surface area contributed by atoms with Crippen LogP contribution in [0.4, 0.5) is 5.69 Å². The number of nitrogens with one attached hydrogen (secondary N) is 3. The molecule has 2 aliphatic heterocycles. The second-order valence-electron chi connectivity index (χ2n) is 7.39. The maximum atomic E-state index is 12.5.